The second-order valence-corrected chi connectivity index (χ2v) is 4.97. The summed E-state index contributed by atoms with van der Waals surface area (Å²) in [7, 11) is 3.29. The summed E-state index contributed by atoms with van der Waals surface area (Å²) in [6.07, 6.45) is -0.824. The van der Waals surface area contributed by atoms with Crippen molar-refractivity contribution in [2.45, 2.75) is 24.5 Å². The Kier molecular flexibility index (Phi) is 4.34. The molecule has 1 aromatic rings. The van der Waals surface area contributed by atoms with Gasteiger partial charge in [0.2, 0.25) is 0 Å². The second-order valence-electron chi connectivity index (χ2n) is 4.97. The van der Waals surface area contributed by atoms with Gasteiger partial charge in [0.25, 0.3) is 12.1 Å². The number of aromatic nitrogens is 1. The fourth-order valence-corrected chi connectivity index (χ4v) is 2.16. The molecule has 110 valence electrons. The van der Waals surface area contributed by atoms with Crippen LogP contribution in [0.4, 0.5) is 0 Å². The third kappa shape index (κ3) is 2.66. The van der Waals surface area contributed by atoms with Crippen molar-refractivity contribution in [2.24, 2.45) is 0 Å². The molecular weight excluding hydrogens is 264 g/mol. The van der Waals surface area contributed by atoms with Crippen LogP contribution < -0.4 is 4.57 Å². The van der Waals surface area contributed by atoms with Gasteiger partial charge in [-0.1, -0.05) is 0 Å². The standard InChI is InChI=1S/C13H19N2O5/c1-14(2)12(19)8-4-3-5-15(6-8)13-11(18)10(17)9(7-16)20-13/h3-6,9-11,13,16-18H,7H2,1-2H3/q+1/t9-,10+,11?,13-/m1/s1. The Bertz CT molecular complexity index is 493. The molecule has 0 spiro atoms. The normalized spacial score (nSPS) is 29.4. The average Bonchev–Trinajstić information content (AvgIpc) is 2.74. The monoisotopic (exact) mass is 283 g/mol. The van der Waals surface area contributed by atoms with Gasteiger partial charge < -0.3 is 25.0 Å². The van der Waals surface area contributed by atoms with Crippen LogP contribution in [0.25, 0.3) is 0 Å². The number of rotatable bonds is 3. The quantitative estimate of drug-likeness (QED) is 0.574. The Hall–Kier alpha value is -1.54. The predicted octanol–water partition coefficient (Wildman–Crippen LogP) is -1.71. The number of carbonyl (C=O) groups excluding carboxylic acids is 1. The molecule has 7 nitrogen and oxygen atoms in total. The minimum Gasteiger partial charge on any atom is -0.394 e. The maximum atomic E-state index is 11.9. The number of hydrogen-bond donors (Lipinski definition) is 3. The van der Waals surface area contributed by atoms with Gasteiger partial charge in [0.1, 0.15) is 17.8 Å². The van der Waals surface area contributed by atoms with E-state index in [1.807, 2.05) is 0 Å². The Morgan fingerprint density at radius 2 is 2.10 bits per heavy atom. The van der Waals surface area contributed by atoms with Crippen LogP contribution in [0.15, 0.2) is 24.5 Å². The van der Waals surface area contributed by atoms with Crippen LogP contribution >= 0.6 is 0 Å². The van der Waals surface area contributed by atoms with E-state index in [2.05, 4.69) is 0 Å². The van der Waals surface area contributed by atoms with Crippen molar-refractivity contribution >= 4 is 5.91 Å². The van der Waals surface area contributed by atoms with Crippen molar-refractivity contribution in [2.75, 3.05) is 20.7 Å². The van der Waals surface area contributed by atoms with Crippen molar-refractivity contribution in [1.82, 2.24) is 4.90 Å². The summed E-state index contributed by atoms with van der Waals surface area (Å²) in [6, 6.07) is 3.31. The van der Waals surface area contributed by atoms with Gasteiger partial charge in [-0.05, 0) is 6.07 Å². The fraction of sp³-hybridized carbons (Fsp3) is 0.538. The molecule has 0 bridgehead atoms. The molecule has 1 aliphatic rings. The molecule has 4 atom stereocenters. The smallest absolute Gasteiger partial charge is 0.292 e. The van der Waals surface area contributed by atoms with E-state index in [1.54, 1.807) is 38.6 Å². The maximum absolute atomic E-state index is 11.9. The van der Waals surface area contributed by atoms with Crippen LogP contribution in [0.5, 0.6) is 0 Å². The number of amides is 1. The van der Waals surface area contributed by atoms with E-state index in [0.29, 0.717) is 5.56 Å². The third-order valence-electron chi connectivity index (χ3n) is 3.29. The summed E-state index contributed by atoms with van der Waals surface area (Å²) >= 11 is 0. The van der Waals surface area contributed by atoms with E-state index in [-0.39, 0.29) is 12.5 Å². The Morgan fingerprint density at radius 3 is 2.65 bits per heavy atom. The summed E-state index contributed by atoms with van der Waals surface area (Å²) in [4.78, 5) is 13.3. The Morgan fingerprint density at radius 1 is 1.40 bits per heavy atom. The van der Waals surface area contributed by atoms with Crippen LogP contribution in [-0.4, -0.2) is 65.1 Å². The first kappa shape index (κ1) is 14.9. The van der Waals surface area contributed by atoms with Crippen LogP contribution in [0, 0.1) is 0 Å². The van der Waals surface area contributed by atoms with Crippen molar-refractivity contribution in [3.63, 3.8) is 0 Å². The van der Waals surface area contributed by atoms with Crippen molar-refractivity contribution in [3.8, 4) is 0 Å². The molecule has 0 aromatic carbocycles. The molecule has 1 fully saturated rings. The molecule has 0 aliphatic carbocycles. The number of aliphatic hydroxyl groups is 3. The molecule has 1 amide bonds. The molecule has 1 aromatic heterocycles. The third-order valence-corrected chi connectivity index (χ3v) is 3.29. The van der Waals surface area contributed by atoms with E-state index >= 15 is 0 Å². The van der Waals surface area contributed by atoms with Gasteiger partial charge in [-0.3, -0.25) is 4.79 Å². The topological polar surface area (TPSA) is 94.1 Å². The van der Waals surface area contributed by atoms with Crippen LogP contribution in [0.2, 0.25) is 0 Å². The number of pyridine rings is 1. The lowest BCUT2D eigenvalue weighted by atomic mass is 10.1. The van der Waals surface area contributed by atoms with E-state index in [1.165, 1.54) is 9.47 Å². The fourth-order valence-electron chi connectivity index (χ4n) is 2.16. The lowest BCUT2D eigenvalue weighted by Gasteiger charge is -2.12. The van der Waals surface area contributed by atoms with Gasteiger partial charge in [-0.15, -0.1) is 0 Å². The predicted molar refractivity (Wildman–Crippen MR) is 67.7 cm³/mol. The molecule has 1 aliphatic heterocycles. The SMILES string of the molecule is CN(C)C(=O)c1ccc[n+]([C@@H]2O[C@H](CO)[C@H](O)C2O)c1. The van der Waals surface area contributed by atoms with E-state index in [0.717, 1.165) is 0 Å². The van der Waals surface area contributed by atoms with Gasteiger partial charge in [0, 0.05) is 20.2 Å². The highest BCUT2D eigenvalue weighted by molar-refractivity contribution is 5.93. The van der Waals surface area contributed by atoms with E-state index in [4.69, 9.17) is 9.84 Å². The molecule has 1 unspecified atom stereocenters. The summed E-state index contributed by atoms with van der Waals surface area (Å²) in [5, 5.41) is 28.7. The summed E-state index contributed by atoms with van der Waals surface area (Å²) < 4.78 is 6.92. The average molecular weight is 283 g/mol. The minimum absolute atomic E-state index is 0.175. The van der Waals surface area contributed by atoms with Gasteiger partial charge in [-0.2, -0.15) is 4.57 Å². The van der Waals surface area contributed by atoms with Crippen molar-refractivity contribution in [1.29, 1.82) is 0 Å². The highest BCUT2D eigenvalue weighted by Gasteiger charge is 2.47. The van der Waals surface area contributed by atoms with Crippen LogP contribution in [-0.2, 0) is 4.74 Å². The first-order valence-electron chi connectivity index (χ1n) is 6.30. The highest BCUT2D eigenvalue weighted by Crippen LogP contribution is 2.25. The van der Waals surface area contributed by atoms with Crippen molar-refractivity contribution in [3.05, 3.63) is 30.1 Å². The van der Waals surface area contributed by atoms with Gasteiger partial charge >= 0.3 is 0 Å². The minimum atomic E-state index is -1.16. The summed E-state index contributed by atoms with van der Waals surface area (Å²) in [6.45, 7) is -0.383. The molecule has 7 heteroatoms. The zero-order valence-electron chi connectivity index (χ0n) is 11.4. The van der Waals surface area contributed by atoms with Gasteiger partial charge in [-0.25, -0.2) is 0 Å². The summed E-state index contributed by atoms with van der Waals surface area (Å²) in [5.74, 6) is -0.175. The molecule has 0 radical (unpaired) electrons. The molecule has 20 heavy (non-hydrogen) atoms. The van der Waals surface area contributed by atoms with Crippen LogP contribution in [0.3, 0.4) is 0 Å². The van der Waals surface area contributed by atoms with Crippen LogP contribution in [0.1, 0.15) is 16.6 Å². The number of nitrogens with zero attached hydrogens (tertiary/aromatic N) is 2. The zero-order valence-corrected chi connectivity index (χ0v) is 11.4. The molecule has 2 heterocycles. The van der Waals surface area contributed by atoms with Gasteiger partial charge in [0.15, 0.2) is 18.5 Å². The first-order valence-corrected chi connectivity index (χ1v) is 6.30. The summed E-state index contributed by atoms with van der Waals surface area (Å²) in [5.41, 5.74) is 0.440. The lowest BCUT2D eigenvalue weighted by molar-refractivity contribution is -0.765. The number of aliphatic hydroxyl groups excluding tert-OH is 3. The zero-order chi connectivity index (χ0) is 14.9. The number of carbonyl (C=O) groups is 1. The second kappa shape index (κ2) is 5.84. The van der Waals surface area contributed by atoms with Gasteiger partial charge in [0.05, 0.1) is 6.61 Å². The number of ether oxygens (including phenoxy) is 1. The van der Waals surface area contributed by atoms with E-state index in [9.17, 15) is 15.0 Å². The molecule has 1 saturated heterocycles. The number of hydrogen-bond acceptors (Lipinski definition) is 5. The van der Waals surface area contributed by atoms with E-state index < -0.39 is 24.5 Å². The Labute approximate surface area is 116 Å². The first-order chi connectivity index (χ1) is 9.45. The van der Waals surface area contributed by atoms with Crippen molar-refractivity contribution < 1.29 is 29.4 Å². The lowest BCUT2D eigenvalue weighted by Crippen LogP contribution is -2.46. The Balaban J connectivity index is 2.26. The molecule has 3 N–H and O–H groups in total. The maximum Gasteiger partial charge on any atom is 0.292 e. The largest absolute Gasteiger partial charge is 0.394 e. The molecule has 2 rings (SSSR count). The molecule has 0 saturated carbocycles. The molecular formula is C13H19N2O5+. The highest BCUT2D eigenvalue weighted by atomic mass is 16.6.